The molecule has 2 aromatic rings. The monoisotopic (exact) mass is 407 g/mol. The molecule has 0 atom stereocenters. The van der Waals surface area contributed by atoms with Crippen molar-refractivity contribution in [2.75, 3.05) is 12.4 Å². The molecule has 3 rings (SSSR count). The molecule has 0 amide bonds. The lowest BCUT2D eigenvalue weighted by atomic mass is 10.1. The number of thioether (sulfide) groups is 1. The molecule has 0 saturated carbocycles. The van der Waals surface area contributed by atoms with Crippen molar-refractivity contribution in [1.29, 1.82) is 0 Å². The SMILES string of the molecule is CCOc1ccc(C2=Nn3c(nnc3C(F)(F)F)SC2)cc1.[Br-]. The zero-order chi connectivity index (χ0) is 15.7. The highest BCUT2D eigenvalue weighted by molar-refractivity contribution is 7.99. The number of nitrogens with zero attached hydrogens (tertiary/aromatic N) is 4. The maximum atomic E-state index is 12.9. The summed E-state index contributed by atoms with van der Waals surface area (Å²) in [5, 5.41) is 10.9. The molecule has 0 N–H and O–H groups in total. The van der Waals surface area contributed by atoms with E-state index in [4.69, 9.17) is 4.74 Å². The van der Waals surface area contributed by atoms with Crippen LogP contribution in [-0.4, -0.2) is 32.9 Å². The first kappa shape index (κ1) is 17.8. The van der Waals surface area contributed by atoms with Gasteiger partial charge in [0.25, 0.3) is 5.82 Å². The van der Waals surface area contributed by atoms with Gasteiger partial charge in [0.2, 0.25) is 5.16 Å². The van der Waals surface area contributed by atoms with Crippen LogP contribution in [0.25, 0.3) is 0 Å². The van der Waals surface area contributed by atoms with Crippen LogP contribution >= 0.6 is 11.8 Å². The molecule has 2 heterocycles. The number of fused-ring (bicyclic) bond motifs is 1. The van der Waals surface area contributed by atoms with Crippen molar-refractivity contribution < 1.29 is 34.9 Å². The topological polar surface area (TPSA) is 52.3 Å². The summed E-state index contributed by atoms with van der Waals surface area (Å²) in [4.78, 5) is 0. The van der Waals surface area contributed by atoms with Crippen molar-refractivity contribution in [2.24, 2.45) is 5.10 Å². The number of benzene rings is 1. The van der Waals surface area contributed by atoms with Crippen molar-refractivity contribution >= 4 is 17.5 Å². The van der Waals surface area contributed by atoms with E-state index in [9.17, 15) is 13.2 Å². The van der Waals surface area contributed by atoms with E-state index in [1.54, 1.807) is 24.3 Å². The quantitative estimate of drug-likeness (QED) is 0.721. The van der Waals surface area contributed by atoms with Crippen LogP contribution in [0.15, 0.2) is 34.5 Å². The van der Waals surface area contributed by atoms with Crippen LogP contribution in [0.4, 0.5) is 13.2 Å². The van der Waals surface area contributed by atoms with E-state index in [0.29, 0.717) is 23.8 Å². The van der Waals surface area contributed by atoms with Gasteiger partial charge in [-0.15, -0.1) is 10.2 Å². The average molecular weight is 408 g/mol. The minimum Gasteiger partial charge on any atom is -1.00 e. The Morgan fingerprint density at radius 2 is 1.91 bits per heavy atom. The first-order valence-corrected chi connectivity index (χ1v) is 7.44. The number of ether oxygens (including phenoxy) is 1. The number of hydrogen-bond acceptors (Lipinski definition) is 5. The summed E-state index contributed by atoms with van der Waals surface area (Å²) in [6, 6.07) is 7.07. The Kier molecular flexibility index (Phi) is 5.35. The fourth-order valence-corrected chi connectivity index (χ4v) is 2.79. The normalized spacial score (nSPS) is 13.8. The Morgan fingerprint density at radius 3 is 2.52 bits per heavy atom. The molecule has 23 heavy (non-hydrogen) atoms. The molecule has 1 aromatic carbocycles. The molecule has 0 spiro atoms. The van der Waals surface area contributed by atoms with E-state index in [1.807, 2.05) is 6.92 Å². The molecular formula is C13H11BrF3N4OS-. The van der Waals surface area contributed by atoms with Crippen molar-refractivity contribution in [3.63, 3.8) is 0 Å². The predicted octanol–water partition coefficient (Wildman–Crippen LogP) is 0.0577. The van der Waals surface area contributed by atoms with Gasteiger partial charge in [0.1, 0.15) is 5.75 Å². The van der Waals surface area contributed by atoms with Gasteiger partial charge in [-0.2, -0.15) is 22.9 Å². The Bertz CT molecular complexity index is 715. The fourth-order valence-electron chi connectivity index (χ4n) is 1.96. The molecule has 10 heteroatoms. The summed E-state index contributed by atoms with van der Waals surface area (Å²) in [6.45, 7) is 2.43. The molecule has 0 fully saturated rings. The van der Waals surface area contributed by atoms with E-state index in [0.717, 1.165) is 10.2 Å². The molecule has 1 aliphatic heterocycles. The highest BCUT2D eigenvalue weighted by Crippen LogP contribution is 2.32. The predicted molar refractivity (Wildman–Crippen MR) is 75.3 cm³/mol. The molecule has 0 saturated heterocycles. The highest BCUT2D eigenvalue weighted by atomic mass is 79.9. The van der Waals surface area contributed by atoms with Crippen molar-refractivity contribution in [3.05, 3.63) is 35.7 Å². The molecule has 1 aromatic heterocycles. The Balaban J connectivity index is 0.00000192. The summed E-state index contributed by atoms with van der Waals surface area (Å²) in [5.41, 5.74) is 1.27. The van der Waals surface area contributed by atoms with Gasteiger partial charge in [0.05, 0.1) is 12.3 Å². The van der Waals surface area contributed by atoms with Crippen LogP contribution < -0.4 is 21.7 Å². The van der Waals surface area contributed by atoms with Crippen LogP contribution in [0.5, 0.6) is 5.75 Å². The zero-order valence-corrected chi connectivity index (χ0v) is 14.2. The molecule has 0 aliphatic carbocycles. The molecule has 0 radical (unpaired) electrons. The van der Waals surface area contributed by atoms with Crippen LogP contribution in [0.1, 0.15) is 18.3 Å². The number of rotatable bonds is 3. The zero-order valence-electron chi connectivity index (χ0n) is 11.8. The van der Waals surface area contributed by atoms with Crippen molar-refractivity contribution in [1.82, 2.24) is 14.9 Å². The minimum absolute atomic E-state index is 0. The van der Waals surface area contributed by atoms with Crippen LogP contribution in [0.2, 0.25) is 0 Å². The highest BCUT2D eigenvalue weighted by Gasteiger charge is 2.39. The maximum Gasteiger partial charge on any atom is 0.453 e. The Hall–Kier alpha value is -1.55. The summed E-state index contributed by atoms with van der Waals surface area (Å²) >= 11 is 1.17. The molecule has 0 bridgehead atoms. The number of hydrogen-bond donors (Lipinski definition) is 0. The number of aromatic nitrogens is 3. The fraction of sp³-hybridized carbons (Fsp3) is 0.308. The van der Waals surface area contributed by atoms with Gasteiger partial charge in [0.15, 0.2) is 0 Å². The van der Waals surface area contributed by atoms with Crippen LogP contribution in [0.3, 0.4) is 0 Å². The average Bonchev–Trinajstić information content (AvgIpc) is 2.91. The molecule has 1 aliphatic rings. The lowest BCUT2D eigenvalue weighted by molar-refractivity contribution is -0.147. The van der Waals surface area contributed by atoms with E-state index in [-0.39, 0.29) is 22.1 Å². The standard InChI is InChI=1S/C13H11F3N4OS.BrH/c1-2-21-9-5-3-8(4-6-9)10-7-22-12-18-17-11(13(14,15)16)20(12)19-10;/h3-6H,2,7H2,1H3;1H/p-1. The number of halogens is 4. The molecule has 0 unspecified atom stereocenters. The lowest BCUT2D eigenvalue weighted by Gasteiger charge is -2.14. The molecule has 5 nitrogen and oxygen atoms in total. The van der Waals surface area contributed by atoms with E-state index >= 15 is 0 Å². The van der Waals surface area contributed by atoms with E-state index < -0.39 is 12.0 Å². The third-order valence-corrected chi connectivity index (χ3v) is 3.85. The largest absolute Gasteiger partial charge is 1.00 e. The van der Waals surface area contributed by atoms with Crippen LogP contribution in [-0.2, 0) is 6.18 Å². The Morgan fingerprint density at radius 1 is 1.22 bits per heavy atom. The lowest BCUT2D eigenvalue weighted by Crippen LogP contribution is -3.00. The molecule has 124 valence electrons. The van der Waals surface area contributed by atoms with Crippen LogP contribution in [0, 0.1) is 0 Å². The second-order valence-electron chi connectivity index (χ2n) is 4.41. The number of alkyl halides is 3. The minimum atomic E-state index is -4.59. The first-order chi connectivity index (χ1) is 10.5. The van der Waals surface area contributed by atoms with Gasteiger partial charge < -0.3 is 21.7 Å². The second kappa shape index (κ2) is 6.91. The van der Waals surface area contributed by atoms with Gasteiger partial charge in [0, 0.05) is 5.75 Å². The van der Waals surface area contributed by atoms with Gasteiger partial charge >= 0.3 is 6.18 Å². The van der Waals surface area contributed by atoms with Gasteiger partial charge in [-0.25, -0.2) is 0 Å². The third kappa shape index (κ3) is 3.69. The summed E-state index contributed by atoms with van der Waals surface area (Å²) in [7, 11) is 0. The Labute approximate surface area is 144 Å². The van der Waals surface area contributed by atoms with E-state index in [1.165, 1.54) is 11.8 Å². The van der Waals surface area contributed by atoms with Crippen molar-refractivity contribution in [3.8, 4) is 5.75 Å². The van der Waals surface area contributed by atoms with Gasteiger partial charge in [-0.1, -0.05) is 11.8 Å². The summed E-state index contributed by atoms with van der Waals surface area (Å²) < 4.78 is 44.7. The van der Waals surface area contributed by atoms with Gasteiger partial charge in [-0.3, -0.25) is 0 Å². The smallest absolute Gasteiger partial charge is 0.453 e. The summed E-state index contributed by atoms with van der Waals surface area (Å²) in [5.74, 6) is 0.0265. The van der Waals surface area contributed by atoms with E-state index in [2.05, 4.69) is 15.3 Å². The maximum absolute atomic E-state index is 12.9. The third-order valence-electron chi connectivity index (χ3n) is 2.92. The first-order valence-electron chi connectivity index (χ1n) is 6.45. The van der Waals surface area contributed by atoms with Crippen molar-refractivity contribution in [2.45, 2.75) is 18.3 Å². The summed E-state index contributed by atoms with van der Waals surface area (Å²) in [6.07, 6.45) is -4.59. The second-order valence-corrected chi connectivity index (χ2v) is 5.35. The molecular weight excluding hydrogens is 397 g/mol. The van der Waals surface area contributed by atoms with Gasteiger partial charge in [-0.05, 0) is 36.8 Å².